The Morgan fingerprint density at radius 3 is 2.71 bits per heavy atom. The number of aryl methyl sites for hydroxylation is 2. The van der Waals surface area contributed by atoms with Gasteiger partial charge in [-0.1, -0.05) is 17.8 Å². The molecule has 2 aromatic rings. The third kappa shape index (κ3) is 2.77. The van der Waals surface area contributed by atoms with Crippen LogP contribution >= 0.6 is 11.8 Å². The largest absolute Gasteiger partial charge is 0.395 e. The fraction of sp³-hybridized carbons (Fsp3) is 0.154. The Labute approximate surface area is 104 Å². The molecule has 1 heterocycles. The maximum Gasteiger partial charge on any atom is 0.147 e. The van der Waals surface area contributed by atoms with Crippen LogP contribution in [0.25, 0.3) is 0 Å². The average Bonchev–Trinajstić information content (AvgIpc) is 2.23. The van der Waals surface area contributed by atoms with Crippen molar-refractivity contribution in [3.63, 3.8) is 0 Å². The van der Waals surface area contributed by atoms with E-state index in [-0.39, 0.29) is 11.5 Å². The van der Waals surface area contributed by atoms with Crippen molar-refractivity contribution < 1.29 is 4.39 Å². The van der Waals surface area contributed by atoms with E-state index >= 15 is 0 Å². The Morgan fingerprint density at radius 1 is 1.24 bits per heavy atom. The van der Waals surface area contributed by atoms with Gasteiger partial charge >= 0.3 is 0 Å². The van der Waals surface area contributed by atoms with Gasteiger partial charge in [-0.05, 0) is 43.7 Å². The van der Waals surface area contributed by atoms with Gasteiger partial charge < -0.3 is 5.73 Å². The average molecular weight is 248 g/mol. The summed E-state index contributed by atoms with van der Waals surface area (Å²) in [5.74, 6) is -0.389. The first-order chi connectivity index (χ1) is 8.06. The maximum absolute atomic E-state index is 13.3. The Balaban J connectivity index is 2.34. The number of nitrogen functional groups attached to an aromatic ring is 1. The molecule has 0 unspecified atom stereocenters. The van der Waals surface area contributed by atoms with Crippen molar-refractivity contribution in [2.75, 3.05) is 5.73 Å². The molecule has 0 atom stereocenters. The van der Waals surface area contributed by atoms with Crippen LogP contribution in [-0.2, 0) is 0 Å². The van der Waals surface area contributed by atoms with Crippen molar-refractivity contribution in [3.8, 4) is 0 Å². The molecule has 4 heteroatoms. The smallest absolute Gasteiger partial charge is 0.147 e. The lowest BCUT2D eigenvalue weighted by Crippen LogP contribution is -1.94. The first-order valence-electron chi connectivity index (χ1n) is 5.23. The molecule has 2 N–H and O–H groups in total. The Morgan fingerprint density at radius 2 is 2.00 bits per heavy atom. The molecule has 0 radical (unpaired) electrons. The first kappa shape index (κ1) is 11.9. The van der Waals surface area contributed by atoms with Gasteiger partial charge in [0.05, 0.1) is 5.69 Å². The van der Waals surface area contributed by atoms with Gasteiger partial charge in [-0.25, -0.2) is 9.37 Å². The third-order valence-electron chi connectivity index (χ3n) is 2.30. The summed E-state index contributed by atoms with van der Waals surface area (Å²) in [4.78, 5) is 5.08. The number of pyridine rings is 1. The Kier molecular flexibility index (Phi) is 3.33. The zero-order chi connectivity index (χ0) is 12.4. The SMILES string of the molecule is Cc1cc(C)nc(Sc2cccc(F)c2N)c1. The minimum Gasteiger partial charge on any atom is -0.395 e. The van der Waals surface area contributed by atoms with Gasteiger partial charge in [-0.2, -0.15) is 0 Å². The molecule has 2 nitrogen and oxygen atoms in total. The number of anilines is 1. The van der Waals surface area contributed by atoms with Gasteiger partial charge in [0.1, 0.15) is 10.8 Å². The lowest BCUT2D eigenvalue weighted by molar-refractivity contribution is 0.629. The van der Waals surface area contributed by atoms with Gasteiger partial charge in [-0.15, -0.1) is 0 Å². The van der Waals surface area contributed by atoms with Crippen LogP contribution in [-0.4, -0.2) is 4.98 Å². The highest BCUT2D eigenvalue weighted by molar-refractivity contribution is 7.99. The molecule has 0 amide bonds. The summed E-state index contributed by atoms with van der Waals surface area (Å²) in [7, 11) is 0. The highest BCUT2D eigenvalue weighted by atomic mass is 32.2. The summed E-state index contributed by atoms with van der Waals surface area (Å²) in [6.07, 6.45) is 0. The second kappa shape index (κ2) is 4.75. The van der Waals surface area contributed by atoms with Crippen LogP contribution in [0.1, 0.15) is 11.3 Å². The highest BCUT2D eigenvalue weighted by Crippen LogP contribution is 2.32. The second-order valence-electron chi connectivity index (χ2n) is 3.88. The zero-order valence-corrected chi connectivity index (χ0v) is 10.5. The van der Waals surface area contributed by atoms with E-state index in [1.54, 1.807) is 12.1 Å². The lowest BCUT2D eigenvalue weighted by Gasteiger charge is -2.06. The summed E-state index contributed by atoms with van der Waals surface area (Å²) < 4.78 is 13.3. The van der Waals surface area contributed by atoms with Crippen LogP contribution in [0.5, 0.6) is 0 Å². The molecule has 0 fully saturated rings. The number of halogens is 1. The molecule has 17 heavy (non-hydrogen) atoms. The number of rotatable bonds is 2. The number of nitrogens with zero attached hydrogens (tertiary/aromatic N) is 1. The molecular weight excluding hydrogens is 235 g/mol. The summed E-state index contributed by atoms with van der Waals surface area (Å²) in [6, 6.07) is 8.76. The molecule has 0 bridgehead atoms. The summed E-state index contributed by atoms with van der Waals surface area (Å²) in [6.45, 7) is 3.94. The maximum atomic E-state index is 13.3. The van der Waals surface area contributed by atoms with Gasteiger partial charge in [0, 0.05) is 10.6 Å². The van der Waals surface area contributed by atoms with Crippen molar-refractivity contribution in [1.82, 2.24) is 4.98 Å². The summed E-state index contributed by atoms with van der Waals surface area (Å²) >= 11 is 1.38. The molecule has 0 aliphatic rings. The second-order valence-corrected chi connectivity index (χ2v) is 4.94. The van der Waals surface area contributed by atoms with Crippen molar-refractivity contribution in [1.29, 1.82) is 0 Å². The van der Waals surface area contributed by atoms with Crippen LogP contribution in [0.2, 0.25) is 0 Å². The van der Waals surface area contributed by atoms with E-state index in [4.69, 9.17) is 5.73 Å². The van der Waals surface area contributed by atoms with Gasteiger partial charge in [-0.3, -0.25) is 0 Å². The molecule has 0 spiro atoms. The number of para-hydroxylation sites is 1. The predicted molar refractivity (Wildman–Crippen MR) is 68.6 cm³/mol. The first-order valence-corrected chi connectivity index (χ1v) is 6.05. The molecule has 88 valence electrons. The summed E-state index contributed by atoms with van der Waals surface area (Å²) in [5.41, 5.74) is 7.94. The number of benzene rings is 1. The third-order valence-corrected chi connectivity index (χ3v) is 3.30. The Bertz CT molecular complexity index is 535. The Hall–Kier alpha value is -1.55. The van der Waals surface area contributed by atoms with Crippen LogP contribution in [0.3, 0.4) is 0 Å². The predicted octanol–water partition coefficient (Wildman–Crippen LogP) is 3.57. The normalized spacial score (nSPS) is 10.5. The minimum absolute atomic E-state index is 0.179. The summed E-state index contributed by atoms with van der Waals surface area (Å²) in [5, 5.41) is 0.833. The molecule has 0 aliphatic heterocycles. The van der Waals surface area contributed by atoms with E-state index in [0.717, 1.165) is 16.3 Å². The fourth-order valence-electron chi connectivity index (χ4n) is 1.58. The van der Waals surface area contributed by atoms with Crippen molar-refractivity contribution in [2.45, 2.75) is 23.8 Å². The standard InChI is InChI=1S/C13H13FN2S/c1-8-6-9(2)16-12(7-8)17-11-5-3-4-10(14)13(11)15/h3-7H,15H2,1-2H3. The molecule has 1 aromatic carbocycles. The van der Waals surface area contributed by atoms with Gasteiger partial charge in [0.2, 0.25) is 0 Å². The quantitative estimate of drug-likeness (QED) is 0.826. The zero-order valence-electron chi connectivity index (χ0n) is 9.70. The number of nitrogens with two attached hydrogens (primary N) is 1. The van der Waals surface area contributed by atoms with Crippen molar-refractivity contribution >= 4 is 17.4 Å². The molecule has 0 saturated heterocycles. The number of hydrogen-bond donors (Lipinski definition) is 1. The van der Waals surface area contributed by atoms with Crippen LogP contribution < -0.4 is 5.73 Å². The monoisotopic (exact) mass is 248 g/mol. The van der Waals surface area contributed by atoms with Crippen LogP contribution in [0, 0.1) is 19.7 Å². The van der Waals surface area contributed by atoms with E-state index in [2.05, 4.69) is 4.98 Å². The topological polar surface area (TPSA) is 38.9 Å². The molecule has 2 rings (SSSR count). The van der Waals surface area contributed by atoms with E-state index in [1.807, 2.05) is 26.0 Å². The minimum atomic E-state index is -0.389. The van der Waals surface area contributed by atoms with Gasteiger partial charge in [0.25, 0.3) is 0 Å². The van der Waals surface area contributed by atoms with Crippen molar-refractivity contribution in [3.05, 3.63) is 47.4 Å². The molecular formula is C13H13FN2S. The van der Waals surface area contributed by atoms with E-state index < -0.39 is 0 Å². The van der Waals surface area contributed by atoms with Gasteiger partial charge in [0.15, 0.2) is 0 Å². The fourth-order valence-corrected chi connectivity index (χ4v) is 2.59. The van der Waals surface area contributed by atoms with E-state index in [0.29, 0.717) is 4.90 Å². The van der Waals surface area contributed by atoms with Crippen LogP contribution in [0.4, 0.5) is 10.1 Å². The lowest BCUT2D eigenvalue weighted by atomic mass is 10.3. The number of aromatic nitrogens is 1. The molecule has 1 aromatic heterocycles. The highest BCUT2D eigenvalue weighted by Gasteiger charge is 2.07. The van der Waals surface area contributed by atoms with Crippen molar-refractivity contribution in [2.24, 2.45) is 0 Å². The van der Waals surface area contributed by atoms with E-state index in [9.17, 15) is 4.39 Å². The molecule has 0 saturated carbocycles. The molecule has 0 aliphatic carbocycles. The van der Waals surface area contributed by atoms with E-state index in [1.165, 1.54) is 17.8 Å². The number of hydrogen-bond acceptors (Lipinski definition) is 3. The van der Waals surface area contributed by atoms with Crippen LogP contribution in [0.15, 0.2) is 40.3 Å².